The molecule has 136 valence electrons. The molecule has 3 amide bonds. The number of imide groups is 1. The maximum Gasteiger partial charge on any atom is 0.255 e. The normalized spacial score (nSPS) is 32.5. The molecule has 3 saturated heterocycles. The molecule has 1 aromatic rings. The highest BCUT2D eigenvalue weighted by atomic mass is 16.2. The predicted octanol–water partition coefficient (Wildman–Crippen LogP) is 0.0416. The minimum absolute atomic E-state index is 0.110. The zero-order valence-electron chi connectivity index (χ0n) is 14.5. The largest absolute Gasteiger partial charge is 0.322 e. The summed E-state index contributed by atoms with van der Waals surface area (Å²) in [5.74, 6) is -0.736. The predicted molar refractivity (Wildman–Crippen MR) is 93.1 cm³/mol. The molecule has 1 saturated carbocycles. The Kier molecular flexibility index (Phi) is 3.45. The van der Waals surface area contributed by atoms with Crippen molar-refractivity contribution in [1.82, 2.24) is 20.9 Å². The Labute approximate surface area is 151 Å². The van der Waals surface area contributed by atoms with Gasteiger partial charge in [0, 0.05) is 43.2 Å². The summed E-state index contributed by atoms with van der Waals surface area (Å²) in [7, 11) is 0. The van der Waals surface area contributed by atoms with E-state index in [1.807, 2.05) is 12.1 Å². The Hall–Kier alpha value is -2.25. The molecule has 5 aliphatic rings. The van der Waals surface area contributed by atoms with Gasteiger partial charge in [-0.05, 0) is 36.5 Å². The van der Waals surface area contributed by atoms with Gasteiger partial charge in [0.15, 0.2) is 0 Å². The number of amides is 3. The van der Waals surface area contributed by atoms with E-state index in [9.17, 15) is 14.4 Å². The summed E-state index contributed by atoms with van der Waals surface area (Å²) in [4.78, 5) is 37.9. The van der Waals surface area contributed by atoms with Crippen molar-refractivity contribution in [2.45, 2.75) is 56.4 Å². The van der Waals surface area contributed by atoms with Crippen LogP contribution < -0.4 is 16.0 Å². The van der Waals surface area contributed by atoms with Gasteiger partial charge in [0.2, 0.25) is 11.8 Å². The Morgan fingerprint density at radius 3 is 2.81 bits per heavy atom. The van der Waals surface area contributed by atoms with Crippen LogP contribution in [0, 0.1) is 0 Å². The summed E-state index contributed by atoms with van der Waals surface area (Å²) in [6.45, 7) is 2.20. The molecule has 26 heavy (non-hydrogen) atoms. The first-order valence-corrected chi connectivity index (χ1v) is 9.28. The Morgan fingerprint density at radius 1 is 1.23 bits per heavy atom. The van der Waals surface area contributed by atoms with Gasteiger partial charge in [-0.1, -0.05) is 12.1 Å². The third kappa shape index (κ3) is 2.46. The molecule has 1 atom stereocenters. The highest BCUT2D eigenvalue weighted by Gasteiger charge is 2.49. The SMILES string of the molecule is O=C1CCC(N2Cc3ccc(CNC45CNC(C4)C5)cc3C2=O)C(=O)N1. The van der Waals surface area contributed by atoms with Crippen LogP contribution in [0.3, 0.4) is 0 Å². The number of carbonyl (C=O) groups is 3. The molecule has 1 aliphatic carbocycles. The second-order valence-electron chi connectivity index (χ2n) is 8.01. The lowest BCUT2D eigenvalue weighted by Crippen LogP contribution is -2.52. The van der Waals surface area contributed by atoms with Crippen molar-refractivity contribution in [3.05, 3.63) is 34.9 Å². The van der Waals surface area contributed by atoms with E-state index in [2.05, 4.69) is 22.0 Å². The molecule has 7 nitrogen and oxygen atoms in total. The van der Waals surface area contributed by atoms with E-state index in [1.54, 1.807) is 4.90 Å². The number of piperidine rings is 1. The van der Waals surface area contributed by atoms with Crippen molar-refractivity contribution in [2.75, 3.05) is 6.54 Å². The van der Waals surface area contributed by atoms with Crippen molar-refractivity contribution in [3.63, 3.8) is 0 Å². The summed E-state index contributed by atoms with van der Waals surface area (Å²) in [6.07, 6.45) is 3.04. The van der Waals surface area contributed by atoms with Crippen LogP contribution in [0.2, 0.25) is 0 Å². The van der Waals surface area contributed by atoms with E-state index >= 15 is 0 Å². The fourth-order valence-electron chi connectivity index (χ4n) is 4.72. The van der Waals surface area contributed by atoms with E-state index in [1.165, 1.54) is 12.8 Å². The number of benzene rings is 1. The summed E-state index contributed by atoms with van der Waals surface area (Å²) in [5.41, 5.74) is 2.95. The zero-order valence-corrected chi connectivity index (χ0v) is 14.5. The molecular formula is C19H22N4O3. The van der Waals surface area contributed by atoms with Gasteiger partial charge < -0.3 is 15.5 Å². The standard InChI is InChI=1S/C19H22N4O3/c24-16-4-3-15(17(25)22-16)23-9-12-2-1-11(5-14(12)18(23)26)8-21-19-6-13(7-19)20-10-19/h1-2,5,13,15,20-21H,3-4,6-10H2,(H,22,24,25). The van der Waals surface area contributed by atoms with E-state index in [0.29, 0.717) is 24.6 Å². The summed E-state index contributed by atoms with van der Waals surface area (Å²) in [6, 6.07) is 6.12. The summed E-state index contributed by atoms with van der Waals surface area (Å²) < 4.78 is 0. The molecule has 0 spiro atoms. The summed E-state index contributed by atoms with van der Waals surface area (Å²) >= 11 is 0. The van der Waals surface area contributed by atoms with E-state index < -0.39 is 6.04 Å². The second kappa shape index (κ2) is 5.62. The van der Waals surface area contributed by atoms with Gasteiger partial charge in [0.05, 0.1) is 0 Å². The number of hydrogen-bond donors (Lipinski definition) is 3. The number of carbonyl (C=O) groups excluding carboxylic acids is 3. The fourth-order valence-corrected chi connectivity index (χ4v) is 4.72. The van der Waals surface area contributed by atoms with Gasteiger partial charge in [0.1, 0.15) is 6.04 Å². The van der Waals surface area contributed by atoms with Crippen LogP contribution >= 0.6 is 0 Å². The van der Waals surface area contributed by atoms with Crippen molar-refractivity contribution < 1.29 is 14.4 Å². The maximum absolute atomic E-state index is 12.8. The molecule has 4 heterocycles. The van der Waals surface area contributed by atoms with E-state index in [0.717, 1.165) is 24.2 Å². The van der Waals surface area contributed by atoms with E-state index in [4.69, 9.17) is 0 Å². The molecule has 1 aromatic carbocycles. The number of rotatable bonds is 4. The summed E-state index contributed by atoms with van der Waals surface area (Å²) in [5, 5.41) is 9.46. The average Bonchev–Trinajstić information content (AvgIpc) is 3.27. The minimum atomic E-state index is -0.551. The molecule has 0 aromatic heterocycles. The van der Waals surface area contributed by atoms with Gasteiger partial charge in [-0.15, -0.1) is 0 Å². The quantitative estimate of drug-likeness (QED) is 0.665. The maximum atomic E-state index is 12.8. The van der Waals surface area contributed by atoms with Gasteiger partial charge >= 0.3 is 0 Å². The van der Waals surface area contributed by atoms with Crippen molar-refractivity contribution in [3.8, 4) is 0 Å². The van der Waals surface area contributed by atoms with Gasteiger partial charge in [-0.3, -0.25) is 19.7 Å². The Morgan fingerprint density at radius 2 is 2.08 bits per heavy atom. The van der Waals surface area contributed by atoms with Crippen molar-refractivity contribution >= 4 is 17.7 Å². The van der Waals surface area contributed by atoms with Crippen molar-refractivity contribution in [1.29, 1.82) is 0 Å². The van der Waals surface area contributed by atoms with Crippen LogP contribution in [-0.4, -0.2) is 46.8 Å². The first-order valence-electron chi connectivity index (χ1n) is 9.28. The molecule has 6 rings (SSSR count). The fraction of sp³-hybridized carbons (Fsp3) is 0.526. The third-order valence-electron chi connectivity index (χ3n) is 6.26. The topological polar surface area (TPSA) is 90.5 Å². The Balaban J connectivity index is 1.30. The highest BCUT2D eigenvalue weighted by Crippen LogP contribution is 2.38. The molecule has 4 aliphatic heterocycles. The van der Waals surface area contributed by atoms with Crippen LogP contribution in [0.5, 0.6) is 0 Å². The lowest BCUT2D eigenvalue weighted by Gasteiger charge is -2.38. The Bertz CT molecular complexity index is 809. The molecule has 2 bridgehead atoms. The molecule has 4 fully saturated rings. The first-order chi connectivity index (χ1) is 12.5. The molecule has 1 unspecified atom stereocenters. The smallest absolute Gasteiger partial charge is 0.255 e. The first kappa shape index (κ1) is 16.0. The highest BCUT2D eigenvalue weighted by molar-refractivity contribution is 6.05. The average molecular weight is 354 g/mol. The third-order valence-corrected chi connectivity index (χ3v) is 6.26. The molecule has 7 heteroatoms. The van der Waals surface area contributed by atoms with Crippen LogP contribution in [-0.2, 0) is 22.7 Å². The van der Waals surface area contributed by atoms with Crippen LogP contribution in [0.15, 0.2) is 18.2 Å². The van der Waals surface area contributed by atoms with Gasteiger partial charge in [0.25, 0.3) is 5.91 Å². The minimum Gasteiger partial charge on any atom is -0.322 e. The molecular weight excluding hydrogens is 332 g/mol. The van der Waals surface area contributed by atoms with E-state index in [-0.39, 0.29) is 29.7 Å². The van der Waals surface area contributed by atoms with Crippen LogP contribution in [0.4, 0.5) is 0 Å². The lowest BCUT2D eigenvalue weighted by molar-refractivity contribution is -0.136. The van der Waals surface area contributed by atoms with Crippen LogP contribution in [0.25, 0.3) is 0 Å². The van der Waals surface area contributed by atoms with Crippen molar-refractivity contribution in [2.24, 2.45) is 0 Å². The second-order valence-corrected chi connectivity index (χ2v) is 8.01. The monoisotopic (exact) mass is 354 g/mol. The number of hydrogen-bond acceptors (Lipinski definition) is 5. The van der Waals surface area contributed by atoms with Gasteiger partial charge in [-0.25, -0.2) is 0 Å². The molecule has 0 radical (unpaired) electrons. The van der Waals surface area contributed by atoms with Crippen LogP contribution in [0.1, 0.15) is 47.2 Å². The number of nitrogens with one attached hydrogen (secondary N) is 3. The van der Waals surface area contributed by atoms with Gasteiger partial charge in [-0.2, -0.15) is 0 Å². The zero-order chi connectivity index (χ0) is 17.9. The number of fused-ring (bicyclic) bond motifs is 2. The molecule has 3 N–H and O–H groups in total. The number of nitrogens with zero attached hydrogens (tertiary/aromatic N) is 1. The lowest BCUT2D eigenvalue weighted by atomic mass is 9.78.